The summed E-state index contributed by atoms with van der Waals surface area (Å²) in [5.74, 6) is 0.876. The molecule has 4 heteroatoms. The van der Waals surface area contributed by atoms with Gasteiger partial charge in [-0.1, -0.05) is 24.3 Å². The minimum Gasteiger partial charge on any atom is -0.491 e. The summed E-state index contributed by atoms with van der Waals surface area (Å²) in [4.78, 5) is 8.76. The molecule has 1 aliphatic rings. The van der Waals surface area contributed by atoms with Crippen LogP contribution in [-0.4, -0.2) is 24.6 Å². The molecule has 0 radical (unpaired) electrons. The van der Waals surface area contributed by atoms with Crippen molar-refractivity contribution in [2.24, 2.45) is 15.7 Å². The van der Waals surface area contributed by atoms with E-state index in [1.54, 1.807) is 18.6 Å². The normalized spacial score (nSPS) is 16.6. The van der Waals surface area contributed by atoms with Crippen LogP contribution in [0.1, 0.15) is 39.2 Å². The standard InChI is InChI=1S/C23H29N3O/c1-4-20(21(16-24)17-26-22-9-10-22)6-5-14-25-15-13-19-7-11-23(12-8-19)27-18(2)3/h4-8,11-18,22H,9-10,24H2,1-3H3/b6-5-,15-13+,20-4+,21-16?,25-14+,26-17?. The maximum Gasteiger partial charge on any atom is 0.119 e. The Hall–Kier alpha value is -2.88. The predicted molar refractivity (Wildman–Crippen MR) is 116 cm³/mol. The highest BCUT2D eigenvalue weighted by Crippen LogP contribution is 2.23. The van der Waals surface area contributed by atoms with Crippen molar-refractivity contribution in [1.29, 1.82) is 0 Å². The van der Waals surface area contributed by atoms with E-state index in [-0.39, 0.29) is 6.10 Å². The molecule has 0 unspecified atom stereocenters. The van der Waals surface area contributed by atoms with Gasteiger partial charge < -0.3 is 10.5 Å². The average molecular weight is 364 g/mol. The van der Waals surface area contributed by atoms with E-state index in [1.165, 1.54) is 12.8 Å². The lowest BCUT2D eigenvalue weighted by molar-refractivity contribution is 0.242. The lowest BCUT2D eigenvalue weighted by Crippen LogP contribution is -2.05. The third-order valence-corrected chi connectivity index (χ3v) is 3.85. The molecule has 1 fully saturated rings. The lowest BCUT2D eigenvalue weighted by Gasteiger charge is -2.09. The Kier molecular flexibility index (Phi) is 8.30. The molecule has 2 N–H and O–H groups in total. The molecular weight excluding hydrogens is 334 g/mol. The number of rotatable bonds is 9. The fraction of sp³-hybridized carbons (Fsp3) is 0.304. The molecule has 0 amide bonds. The van der Waals surface area contributed by atoms with E-state index >= 15 is 0 Å². The van der Waals surface area contributed by atoms with Crippen molar-refractivity contribution in [1.82, 2.24) is 0 Å². The number of hydrogen-bond donors (Lipinski definition) is 1. The first kappa shape index (κ1) is 20.4. The second-order valence-corrected chi connectivity index (χ2v) is 6.58. The number of benzene rings is 1. The van der Waals surface area contributed by atoms with Crippen LogP contribution < -0.4 is 10.5 Å². The molecule has 2 rings (SSSR count). The molecule has 27 heavy (non-hydrogen) atoms. The van der Waals surface area contributed by atoms with Crippen LogP contribution in [0.5, 0.6) is 5.75 Å². The van der Waals surface area contributed by atoms with Crippen LogP contribution in [0.4, 0.5) is 0 Å². The van der Waals surface area contributed by atoms with Gasteiger partial charge in [0.15, 0.2) is 0 Å². The molecule has 1 aliphatic carbocycles. The largest absolute Gasteiger partial charge is 0.491 e. The molecular formula is C23H29N3O. The summed E-state index contributed by atoms with van der Waals surface area (Å²) in [7, 11) is 0. The van der Waals surface area contributed by atoms with Gasteiger partial charge in [0.1, 0.15) is 5.75 Å². The van der Waals surface area contributed by atoms with Crippen LogP contribution >= 0.6 is 0 Å². The van der Waals surface area contributed by atoms with Gasteiger partial charge in [-0.15, -0.1) is 0 Å². The van der Waals surface area contributed by atoms with Gasteiger partial charge in [-0.25, -0.2) is 0 Å². The zero-order valence-electron chi connectivity index (χ0n) is 16.4. The minimum atomic E-state index is 0.180. The molecule has 1 aromatic carbocycles. The van der Waals surface area contributed by atoms with Crippen LogP contribution in [0.25, 0.3) is 6.08 Å². The van der Waals surface area contributed by atoms with Crippen LogP contribution in [-0.2, 0) is 0 Å². The molecule has 0 heterocycles. The molecule has 0 atom stereocenters. The summed E-state index contributed by atoms with van der Waals surface area (Å²) in [6, 6.07) is 8.43. The van der Waals surface area contributed by atoms with Gasteiger partial charge in [-0.3, -0.25) is 9.98 Å². The maximum atomic E-state index is 5.73. The van der Waals surface area contributed by atoms with Gasteiger partial charge in [0.2, 0.25) is 0 Å². The highest BCUT2D eigenvalue weighted by molar-refractivity contribution is 5.87. The van der Waals surface area contributed by atoms with Crippen LogP contribution in [0.3, 0.4) is 0 Å². The van der Waals surface area contributed by atoms with Crippen LogP contribution in [0.2, 0.25) is 0 Å². The smallest absolute Gasteiger partial charge is 0.119 e. The van der Waals surface area contributed by atoms with E-state index in [4.69, 9.17) is 10.5 Å². The van der Waals surface area contributed by atoms with E-state index in [1.807, 2.05) is 75.6 Å². The van der Waals surface area contributed by atoms with Crippen molar-refractivity contribution in [3.05, 3.63) is 71.6 Å². The third kappa shape index (κ3) is 7.90. The van der Waals surface area contributed by atoms with Gasteiger partial charge >= 0.3 is 0 Å². The SMILES string of the molecule is C\C=C(/C=C\C=N\C=C\c1ccc(OC(C)C)cc1)C(C=NC1CC1)=CN. The van der Waals surface area contributed by atoms with Crippen molar-refractivity contribution >= 4 is 18.5 Å². The highest BCUT2D eigenvalue weighted by atomic mass is 16.5. The summed E-state index contributed by atoms with van der Waals surface area (Å²) in [5.41, 5.74) is 8.75. The quantitative estimate of drug-likeness (QED) is 0.490. The number of hydrogen-bond acceptors (Lipinski definition) is 4. The molecule has 1 saturated carbocycles. The molecule has 0 bridgehead atoms. The maximum absolute atomic E-state index is 5.73. The number of nitrogens with zero attached hydrogens (tertiary/aromatic N) is 2. The predicted octanol–water partition coefficient (Wildman–Crippen LogP) is 5.09. The second kappa shape index (κ2) is 11.0. The topological polar surface area (TPSA) is 60.0 Å². The van der Waals surface area contributed by atoms with Gasteiger partial charge in [-0.2, -0.15) is 0 Å². The minimum absolute atomic E-state index is 0.180. The summed E-state index contributed by atoms with van der Waals surface area (Å²) in [6.45, 7) is 6.01. The molecule has 4 nitrogen and oxygen atoms in total. The first-order chi connectivity index (χ1) is 13.1. The Morgan fingerprint density at radius 3 is 2.52 bits per heavy atom. The Balaban J connectivity index is 1.86. The first-order valence-corrected chi connectivity index (χ1v) is 9.37. The van der Waals surface area contributed by atoms with E-state index in [0.29, 0.717) is 6.04 Å². The Morgan fingerprint density at radius 2 is 1.93 bits per heavy atom. The summed E-state index contributed by atoms with van der Waals surface area (Å²) >= 11 is 0. The van der Waals surface area contributed by atoms with Gasteiger partial charge in [0.25, 0.3) is 0 Å². The number of ether oxygens (including phenoxy) is 1. The van der Waals surface area contributed by atoms with Crippen molar-refractivity contribution in [3.8, 4) is 5.75 Å². The molecule has 1 aromatic rings. The monoisotopic (exact) mass is 363 g/mol. The van der Waals surface area contributed by atoms with Gasteiger partial charge in [-0.05, 0) is 69.0 Å². The van der Waals surface area contributed by atoms with Gasteiger partial charge in [0, 0.05) is 30.4 Å². The van der Waals surface area contributed by atoms with E-state index in [9.17, 15) is 0 Å². The second-order valence-electron chi connectivity index (χ2n) is 6.58. The van der Waals surface area contributed by atoms with Crippen molar-refractivity contribution < 1.29 is 4.74 Å². The van der Waals surface area contributed by atoms with E-state index in [2.05, 4.69) is 9.98 Å². The van der Waals surface area contributed by atoms with Gasteiger partial charge in [0.05, 0.1) is 12.1 Å². The summed E-state index contributed by atoms with van der Waals surface area (Å²) < 4.78 is 5.63. The molecule has 0 spiro atoms. The number of nitrogens with two attached hydrogens (primary N) is 1. The number of aliphatic imine (C=N–C) groups is 2. The molecule has 0 aromatic heterocycles. The van der Waals surface area contributed by atoms with E-state index in [0.717, 1.165) is 22.5 Å². The zero-order valence-corrected chi connectivity index (χ0v) is 16.4. The summed E-state index contributed by atoms with van der Waals surface area (Å²) in [6.07, 6.45) is 17.4. The molecule has 0 aliphatic heterocycles. The fourth-order valence-corrected chi connectivity index (χ4v) is 2.29. The third-order valence-electron chi connectivity index (χ3n) is 3.85. The Bertz CT molecular complexity index is 761. The highest BCUT2D eigenvalue weighted by Gasteiger charge is 2.19. The fourth-order valence-electron chi connectivity index (χ4n) is 2.29. The van der Waals surface area contributed by atoms with E-state index < -0.39 is 0 Å². The number of allylic oxidation sites excluding steroid dienone is 5. The summed E-state index contributed by atoms with van der Waals surface area (Å²) in [5, 5.41) is 0. The van der Waals surface area contributed by atoms with Crippen LogP contribution in [0, 0.1) is 0 Å². The van der Waals surface area contributed by atoms with Crippen molar-refractivity contribution in [2.45, 2.75) is 45.8 Å². The Morgan fingerprint density at radius 1 is 1.19 bits per heavy atom. The Labute approximate surface area is 162 Å². The van der Waals surface area contributed by atoms with Crippen LogP contribution in [0.15, 0.2) is 76.0 Å². The lowest BCUT2D eigenvalue weighted by atomic mass is 10.1. The zero-order chi connectivity index (χ0) is 19.5. The molecule has 142 valence electrons. The average Bonchev–Trinajstić information content (AvgIpc) is 3.48. The first-order valence-electron chi connectivity index (χ1n) is 9.37. The van der Waals surface area contributed by atoms with Crippen molar-refractivity contribution in [3.63, 3.8) is 0 Å². The molecule has 0 saturated heterocycles. The van der Waals surface area contributed by atoms with Crippen molar-refractivity contribution in [2.75, 3.05) is 0 Å².